The minimum atomic E-state index is -4.67. The summed E-state index contributed by atoms with van der Waals surface area (Å²) in [5, 5.41) is 13.5. The smallest absolute Gasteiger partial charge is 0.433 e. The zero-order chi connectivity index (χ0) is 24.2. The molecule has 0 amide bonds. The molecule has 3 heterocycles. The van der Waals surface area contributed by atoms with Crippen molar-refractivity contribution in [3.8, 4) is 17.0 Å². The van der Waals surface area contributed by atoms with E-state index in [2.05, 4.69) is 20.3 Å². The molecule has 0 spiro atoms. The lowest BCUT2D eigenvalue weighted by atomic mass is 10.1. The van der Waals surface area contributed by atoms with Crippen LogP contribution in [-0.2, 0) is 6.18 Å². The zero-order valence-electron chi connectivity index (χ0n) is 17.1. The van der Waals surface area contributed by atoms with Crippen molar-refractivity contribution in [2.24, 2.45) is 0 Å². The summed E-state index contributed by atoms with van der Waals surface area (Å²) in [5.74, 6) is -0.493. The summed E-state index contributed by atoms with van der Waals surface area (Å²) in [6, 6.07) is 7.19. The van der Waals surface area contributed by atoms with Gasteiger partial charge in [-0.2, -0.15) is 23.4 Å². The van der Waals surface area contributed by atoms with Crippen LogP contribution < -0.4 is 4.74 Å². The minimum Gasteiger partial charge on any atom is -0.485 e. The normalized spacial score (nSPS) is 13.0. The van der Waals surface area contributed by atoms with Gasteiger partial charge < -0.3 is 4.74 Å². The average molecular weight is 510 g/mol. The van der Waals surface area contributed by atoms with E-state index in [1.165, 1.54) is 12.1 Å². The van der Waals surface area contributed by atoms with Crippen molar-refractivity contribution in [2.75, 3.05) is 0 Å². The average Bonchev–Trinajstić information content (AvgIpc) is 3.45. The fourth-order valence-electron chi connectivity index (χ4n) is 3.81. The number of alkyl halides is 3. The number of rotatable bonds is 4. The zero-order valence-corrected chi connectivity index (χ0v) is 18.6. The van der Waals surface area contributed by atoms with Crippen LogP contribution in [0.25, 0.3) is 33.1 Å². The summed E-state index contributed by atoms with van der Waals surface area (Å²) in [6.07, 6.45) is -2.94. The van der Waals surface area contributed by atoms with E-state index in [-0.39, 0.29) is 32.6 Å². The number of H-pyrrole nitrogens is 2. The molecule has 174 valence electrons. The van der Waals surface area contributed by atoms with E-state index in [9.17, 15) is 17.6 Å². The number of hydrogen-bond acceptors (Lipinski definition) is 4. The third-order valence-electron chi connectivity index (χ3n) is 5.35. The Kier molecular flexibility index (Phi) is 5.37. The van der Waals surface area contributed by atoms with Crippen molar-refractivity contribution < 1.29 is 22.3 Å². The molecule has 0 fully saturated rings. The SMILES string of the molecule is CC(Oc1cc(-c2cn[nH]c2C(F)(F)F)nc2ccc3[nH]ncc3c12)c1c(Cl)ccc(F)c1Cl. The maximum atomic E-state index is 14.1. The van der Waals surface area contributed by atoms with Crippen molar-refractivity contribution in [1.29, 1.82) is 0 Å². The van der Waals surface area contributed by atoms with E-state index in [1.807, 2.05) is 5.10 Å². The van der Waals surface area contributed by atoms with Crippen LogP contribution in [-0.4, -0.2) is 25.4 Å². The molecule has 1 unspecified atom stereocenters. The quantitative estimate of drug-likeness (QED) is 0.200. The lowest BCUT2D eigenvalue weighted by Crippen LogP contribution is -2.09. The van der Waals surface area contributed by atoms with Crippen molar-refractivity contribution in [2.45, 2.75) is 19.2 Å². The second kappa shape index (κ2) is 8.14. The molecule has 0 saturated carbocycles. The standard InChI is InChI=1S/C22H13Cl2F4N5O/c1-9(18-12(23)2-3-13(25)20(18)24)34-17-6-16(11-8-30-33-21(11)22(26,27)28)31-15-5-4-14-10(19(15)17)7-29-32-14/h2-9H,1H3,(H,29,32)(H,30,33). The summed E-state index contributed by atoms with van der Waals surface area (Å²) in [4.78, 5) is 4.42. The Labute approximate surface area is 198 Å². The van der Waals surface area contributed by atoms with Gasteiger partial charge >= 0.3 is 6.18 Å². The molecular formula is C22H13Cl2F4N5O. The molecule has 6 nitrogen and oxygen atoms in total. The fraction of sp³-hybridized carbons (Fsp3) is 0.136. The lowest BCUT2D eigenvalue weighted by molar-refractivity contribution is -0.140. The van der Waals surface area contributed by atoms with Gasteiger partial charge in [0.25, 0.3) is 0 Å². The molecule has 2 N–H and O–H groups in total. The summed E-state index contributed by atoms with van der Waals surface area (Å²) < 4.78 is 60.7. The number of nitrogens with zero attached hydrogens (tertiary/aromatic N) is 3. The van der Waals surface area contributed by atoms with Crippen LogP contribution in [0.5, 0.6) is 5.75 Å². The third-order valence-corrected chi connectivity index (χ3v) is 6.06. The van der Waals surface area contributed by atoms with Crippen LogP contribution in [0.15, 0.2) is 42.7 Å². The highest BCUT2D eigenvalue weighted by Crippen LogP contribution is 2.41. The molecule has 1 atom stereocenters. The second-order valence-corrected chi connectivity index (χ2v) is 8.26. The van der Waals surface area contributed by atoms with Gasteiger partial charge in [0.05, 0.1) is 45.1 Å². The molecule has 0 aliphatic rings. The summed E-state index contributed by atoms with van der Waals surface area (Å²) >= 11 is 12.4. The fourth-order valence-corrected chi connectivity index (χ4v) is 4.49. The molecule has 3 aromatic heterocycles. The van der Waals surface area contributed by atoms with Gasteiger partial charge in [-0.1, -0.05) is 23.2 Å². The number of ether oxygens (including phenoxy) is 1. The molecule has 0 aliphatic heterocycles. The summed E-state index contributed by atoms with van der Waals surface area (Å²) in [7, 11) is 0. The van der Waals surface area contributed by atoms with E-state index in [0.717, 1.165) is 12.3 Å². The van der Waals surface area contributed by atoms with Crippen molar-refractivity contribution in [3.63, 3.8) is 0 Å². The Morgan fingerprint density at radius 1 is 1.03 bits per heavy atom. The Balaban J connectivity index is 1.72. The first kappa shape index (κ1) is 22.4. The number of halogens is 6. The number of hydrogen-bond donors (Lipinski definition) is 2. The second-order valence-electron chi connectivity index (χ2n) is 7.47. The molecule has 5 aromatic rings. The Bertz CT molecular complexity index is 1550. The van der Waals surface area contributed by atoms with E-state index in [1.54, 1.807) is 25.3 Å². The molecular weight excluding hydrogens is 497 g/mol. The van der Waals surface area contributed by atoms with E-state index in [4.69, 9.17) is 27.9 Å². The maximum absolute atomic E-state index is 14.1. The minimum absolute atomic E-state index is 0.0185. The maximum Gasteiger partial charge on any atom is 0.433 e. The van der Waals surface area contributed by atoms with Gasteiger partial charge in [-0.05, 0) is 31.2 Å². The third kappa shape index (κ3) is 3.72. The largest absolute Gasteiger partial charge is 0.485 e. The van der Waals surface area contributed by atoms with E-state index in [0.29, 0.717) is 21.8 Å². The van der Waals surface area contributed by atoms with Crippen molar-refractivity contribution >= 4 is 45.0 Å². The number of fused-ring (bicyclic) bond motifs is 3. The van der Waals surface area contributed by atoms with Gasteiger partial charge in [0.1, 0.15) is 23.4 Å². The monoisotopic (exact) mass is 509 g/mol. The predicted octanol–water partition coefficient (Wildman–Crippen LogP) is 7.11. The van der Waals surface area contributed by atoms with Crippen LogP contribution in [0.4, 0.5) is 17.6 Å². The number of pyridine rings is 1. The van der Waals surface area contributed by atoms with Crippen LogP contribution in [0.2, 0.25) is 10.0 Å². The number of aromatic nitrogens is 5. The van der Waals surface area contributed by atoms with Crippen LogP contribution in [0.3, 0.4) is 0 Å². The molecule has 12 heteroatoms. The van der Waals surface area contributed by atoms with Gasteiger partial charge in [-0.25, -0.2) is 9.37 Å². The first-order valence-electron chi connectivity index (χ1n) is 9.83. The van der Waals surface area contributed by atoms with Crippen LogP contribution in [0, 0.1) is 5.82 Å². The van der Waals surface area contributed by atoms with Crippen molar-refractivity contribution in [1.82, 2.24) is 25.4 Å². The van der Waals surface area contributed by atoms with Gasteiger partial charge in [-0.3, -0.25) is 10.2 Å². The lowest BCUT2D eigenvalue weighted by Gasteiger charge is -2.20. The molecule has 0 radical (unpaired) electrons. The van der Waals surface area contributed by atoms with Gasteiger partial charge in [0.15, 0.2) is 0 Å². The van der Waals surface area contributed by atoms with E-state index < -0.39 is 23.8 Å². The highest BCUT2D eigenvalue weighted by Gasteiger charge is 2.36. The number of aromatic amines is 2. The molecule has 0 bridgehead atoms. The molecule has 0 saturated heterocycles. The van der Waals surface area contributed by atoms with Gasteiger partial charge in [0, 0.05) is 22.0 Å². The first-order valence-corrected chi connectivity index (χ1v) is 10.6. The molecule has 0 aliphatic carbocycles. The van der Waals surface area contributed by atoms with Crippen LogP contribution >= 0.6 is 23.2 Å². The highest BCUT2D eigenvalue weighted by atomic mass is 35.5. The molecule has 34 heavy (non-hydrogen) atoms. The molecule has 2 aromatic carbocycles. The summed E-state index contributed by atoms with van der Waals surface area (Å²) in [5.41, 5.74) is -0.0800. The Morgan fingerprint density at radius 2 is 1.79 bits per heavy atom. The first-order chi connectivity index (χ1) is 16.1. The summed E-state index contributed by atoms with van der Waals surface area (Å²) in [6.45, 7) is 1.60. The van der Waals surface area contributed by atoms with Crippen molar-refractivity contribution in [3.05, 3.63) is 69.8 Å². The topological polar surface area (TPSA) is 79.5 Å². The number of benzene rings is 2. The highest BCUT2D eigenvalue weighted by molar-refractivity contribution is 6.36. The van der Waals surface area contributed by atoms with Gasteiger partial charge in [0.2, 0.25) is 0 Å². The van der Waals surface area contributed by atoms with Crippen LogP contribution in [0.1, 0.15) is 24.3 Å². The van der Waals surface area contributed by atoms with E-state index >= 15 is 0 Å². The Morgan fingerprint density at radius 3 is 2.56 bits per heavy atom. The Hall–Kier alpha value is -3.37. The molecule has 5 rings (SSSR count). The predicted molar refractivity (Wildman–Crippen MR) is 119 cm³/mol. The number of nitrogens with one attached hydrogen (secondary N) is 2. The van der Waals surface area contributed by atoms with Gasteiger partial charge in [-0.15, -0.1) is 0 Å².